The van der Waals surface area contributed by atoms with Crippen molar-refractivity contribution in [1.82, 2.24) is 0 Å². The van der Waals surface area contributed by atoms with Crippen molar-refractivity contribution in [1.29, 1.82) is 0 Å². The fraction of sp³-hybridized carbons (Fsp3) is 0.533. The quantitative estimate of drug-likeness (QED) is 0.801. The number of carboxylic acids is 1. The molecule has 106 valence electrons. The Morgan fingerprint density at radius 2 is 1.47 bits per heavy atom. The van der Waals surface area contributed by atoms with Crippen LogP contribution in [0.5, 0.6) is 5.75 Å². The standard InChI is InChI=1S/C15H22O3.In.3H/c1-14(2,3)9-7-10(13(17)18)12(16)11(8-9)15(4,5)6;;;;/h7-8,16H,1-6H3,(H,17,18);;;;. The fourth-order valence-electron chi connectivity index (χ4n) is 1.80. The van der Waals surface area contributed by atoms with Crippen molar-refractivity contribution >= 4 is 31.8 Å². The van der Waals surface area contributed by atoms with Crippen LogP contribution in [-0.2, 0) is 10.8 Å². The first-order valence-corrected chi connectivity index (χ1v) is 6.06. The predicted octanol–water partition coefficient (Wildman–Crippen LogP) is 2.50. The van der Waals surface area contributed by atoms with Crippen LogP contribution in [-0.4, -0.2) is 42.0 Å². The Labute approximate surface area is 133 Å². The number of carboxylic acid groups (broad SMARTS) is 1. The van der Waals surface area contributed by atoms with Gasteiger partial charge in [0.1, 0.15) is 11.3 Å². The molecule has 0 saturated heterocycles. The molecule has 19 heavy (non-hydrogen) atoms. The topological polar surface area (TPSA) is 57.5 Å². The summed E-state index contributed by atoms with van der Waals surface area (Å²) in [6, 6.07) is 3.47. The summed E-state index contributed by atoms with van der Waals surface area (Å²) in [5, 5.41) is 19.3. The number of phenols is 1. The second kappa shape index (κ2) is 5.78. The predicted molar refractivity (Wildman–Crippen MR) is 82.4 cm³/mol. The van der Waals surface area contributed by atoms with E-state index in [0.717, 1.165) is 5.56 Å². The van der Waals surface area contributed by atoms with Crippen molar-refractivity contribution < 1.29 is 15.0 Å². The van der Waals surface area contributed by atoms with Gasteiger partial charge < -0.3 is 10.2 Å². The van der Waals surface area contributed by atoms with E-state index in [2.05, 4.69) is 0 Å². The Morgan fingerprint density at radius 1 is 1.00 bits per heavy atom. The van der Waals surface area contributed by atoms with E-state index in [-0.39, 0.29) is 48.0 Å². The molecule has 0 aliphatic carbocycles. The van der Waals surface area contributed by atoms with Gasteiger partial charge in [0.05, 0.1) is 0 Å². The van der Waals surface area contributed by atoms with Gasteiger partial charge in [-0.2, -0.15) is 0 Å². The molecule has 1 rings (SSSR count). The summed E-state index contributed by atoms with van der Waals surface area (Å²) in [7, 11) is 0. The molecule has 0 aliphatic heterocycles. The van der Waals surface area contributed by atoms with Crippen molar-refractivity contribution in [3.8, 4) is 5.75 Å². The molecule has 0 aliphatic rings. The van der Waals surface area contributed by atoms with Crippen LogP contribution in [0, 0.1) is 0 Å². The van der Waals surface area contributed by atoms with Crippen molar-refractivity contribution in [3.63, 3.8) is 0 Å². The third kappa shape index (κ3) is 4.16. The summed E-state index contributed by atoms with van der Waals surface area (Å²) >= 11 is 0. The van der Waals surface area contributed by atoms with Crippen LogP contribution in [0.1, 0.15) is 63.0 Å². The minimum absolute atomic E-state index is 0. The molecule has 0 aromatic heterocycles. The van der Waals surface area contributed by atoms with Crippen LogP contribution in [0.4, 0.5) is 0 Å². The molecule has 0 unspecified atom stereocenters. The second-order valence-electron chi connectivity index (χ2n) is 6.73. The summed E-state index contributed by atoms with van der Waals surface area (Å²) in [5.74, 6) is -1.22. The van der Waals surface area contributed by atoms with E-state index in [1.165, 1.54) is 0 Å². The van der Waals surface area contributed by atoms with E-state index < -0.39 is 5.97 Å². The number of benzene rings is 1. The van der Waals surface area contributed by atoms with E-state index in [1.807, 2.05) is 47.6 Å². The summed E-state index contributed by atoms with van der Waals surface area (Å²) in [6.45, 7) is 12.0. The maximum atomic E-state index is 11.2. The SMILES string of the molecule is CC(C)(C)c1cc(C(=O)O)c(O)c(C(C)(C)C)c1.[InH3]. The zero-order valence-electron chi connectivity index (χ0n) is 12.0. The first-order chi connectivity index (χ1) is 7.94. The van der Waals surface area contributed by atoms with Crippen molar-refractivity contribution in [3.05, 3.63) is 28.8 Å². The first kappa shape index (κ1) is 18.4. The zero-order chi connectivity index (χ0) is 14.3. The maximum absolute atomic E-state index is 11.2. The van der Waals surface area contributed by atoms with E-state index in [0.29, 0.717) is 5.56 Å². The second-order valence-corrected chi connectivity index (χ2v) is 6.73. The number of rotatable bonds is 1. The molecule has 3 nitrogen and oxygen atoms in total. The summed E-state index contributed by atoms with van der Waals surface area (Å²) in [4.78, 5) is 11.2. The van der Waals surface area contributed by atoms with Crippen molar-refractivity contribution in [2.45, 2.75) is 52.4 Å². The van der Waals surface area contributed by atoms with Gasteiger partial charge in [0.2, 0.25) is 0 Å². The molecule has 0 spiro atoms. The number of aromatic hydroxyl groups is 1. The molecule has 0 amide bonds. The molecule has 0 heterocycles. The van der Waals surface area contributed by atoms with Gasteiger partial charge in [-0.05, 0) is 22.5 Å². The average molecular weight is 368 g/mol. The Hall–Kier alpha value is -0.640. The van der Waals surface area contributed by atoms with Crippen LogP contribution >= 0.6 is 0 Å². The van der Waals surface area contributed by atoms with Crippen molar-refractivity contribution in [2.24, 2.45) is 0 Å². The van der Waals surface area contributed by atoms with E-state index in [9.17, 15) is 15.0 Å². The third-order valence-electron chi connectivity index (χ3n) is 3.01. The van der Waals surface area contributed by atoms with Crippen LogP contribution in [0.3, 0.4) is 0 Å². The molecule has 0 atom stereocenters. The van der Waals surface area contributed by atoms with Crippen molar-refractivity contribution in [2.75, 3.05) is 0 Å². The Kier molecular flexibility index (Phi) is 5.58. The monoisotopic (exact) mass is 368 g/mol. The Bertz CT molecular complexity index is 479. The minimum atomic E-state index is -1.09. The zero-order valence-corrected chi connectivity index (χ0v) is 12.0. The van der Waals surface area contributed by atoms with Gasteiger partial charge in [0.15, 0.2) is 0 Å². The Balaban J connectivity index is 0.00000324. The molecule has 1 aromatic carbocycles. The number of aromatic carboxylic acids is 1. The van der Waals surface area contributed by atoms with Crippen LogP contribution in [0.15, 0.2) is 12.1 Å². The van der Waals surface area contributed by atoms with Gasteiger partial charge in [-0.25, -0.2) is 4.79 Å². The summed E-state index contributed by atoms with van der Waals surface area (Å²) < 4.78 is 0. The molecule has 4 heteroatoms. The number of hydrogen-bond acceptors (Lipinski definition) is 2. The molecule has 0 fully saturated rings. The van der Waals surface area contributed by atoms with E-state index in [1.54, 1.807) is 6.07 Å². The van der Waals surface area contributed by atoms with Crippen LogP contribution < -0.4 is 0 Å². The summed E-state index contributed by atoms with van der Waals surface area (Å²) in [5.41, 5.74) is 1.12. The van der Waals surface area contributed by atoms with Gasteiger partial charge in [-0.15, -0.1) is 0 Å². The summed E-state index contributed by atoms with van der Waals surface area (Å²) in [6.07, 6.45) is 0. The van der Waals surface area contributed by atoms with E-state index in [4.69, 9.17) is 0 Å². The van der Waals surface area contributed by atoms with Gasteiger partial charge >= 0.3 is 31.8 Å². The number of carbonyl (C=O) groups is 1. The van der Waals surface area contributed by atoms with Gasteiger partial charge in [-0.1, -0.05) is 47.6 Å². The van der Waals surface area contributed by atoms with Crippen LogP contribution in [0.25, 0.3) is 0 Å². The van der Waals surface area contributed by atoms with Gasteiger partial charge in [0.25, 0.3) is 0 Å². The molecule has 0 radical (unpaired) electrons. The Morgan fingerprint density at radius 3 is 1.79 bits per heavy atom. The van der Waals surface area contributed by atoms with Gasteiger partial charge in [0, 0.05) is 5.56 Å². The van der Waals surface area contributed by atoms with Crippen LogP contribution in [0.2, 0.25) is 0 Å². The molecule has 0 saturated carbocycles. The molecule has 2 N–H and O–H groups in total. The fourth-order valence-corrected chi connectivity index (χ4v) is 1.80. The normalized spacial score (nSPS) is 11.9. The molecular formula is C15H25InO3. The first-order valence-electron chi connectivity index (χ1n) is 6.06. The van der Waals surface area contributed by atoms with E-state index >= 15 is 0 Å². The third-order valence-corrected chi connectivity index (χ3v) is 3.01. The molecule has 0 bridgehead atoms. The number of hydrogen-bond donors (Lipinski definition) is 2. The molecular weight excluding hydrogens is 343 g/mol. The van der Waals surface area contributed by atoms with Gasteiger partial charge in [-0.3, -0.25) is 0 Å². The molecule has 1 aromatic rings. The average Bonchev–Trinajstić information content (AvgIpc) is 2.13.